The Bertz CT molecular complexity index is 1210. The molecule has 0 aliphatic carbocycles. The van der Waals surface area contributed by atoms with Crippen LogP contribution in [0.4, 0.5) is 0 Å². The minimum Gasteiger partial charge on any atom is -0.345 e. The number of amides is 1. The molecular weight excluding hydrogens is 434 g/mol. The number of pyridine rings is 2. The fourth-order valence-electron chi connectivity index (χ4n) is 3.32. The zero-order valence-corrected chi connectivity index (χ0v) is 18.6. The van der Waals surface area contributed by atoms with Crippen LogP contribution in [0.2, 0.25) is 0 Å². The number of hydrogen-bond donors (Lipinski definition) is 1. The summed E-state index contributed by atoms with van der Waals surface area (Å²) in [5.74, 6) is -0.235. The van der Waals surface area contributed by atoms with Crippen LogP contribution in [0.3, 0.4) is 0 Å². The van der Waals surface area contributed by atoms with Gasteiger partial charge in [-0.25, -0.2) is 0 Å². The summed E-state index contributed by atoms with van der Waals surface area (Å²) in [5.41, 5.74) is 2.45. The SMILES string of the molecule is O=C(Cc1ccccn1)Cc1cn(CCCCn2cc(C(=O)NCc3ccccn3)nn2)nn1. The number of carbonyl (C=O) groups is 2. The first-order chi connectivity index (χ1) is 16.7. The van der Waals surface area contributed by atoms with Crippen molar-refractivity contribution in [1.29, 1.82) is 0 Å². The quantitative estimate of drug-likeness (QED) is 0.315. The van der Waals surface area contributed by atoms with Gasteiger partial charge in [-0.3, -0.25) is 28.9 Å². The molecule has 11 heteroatoms. The first kappa shape index (κ1) is 22.9. The van der Waals surface area contributed by atoms with E-state index in [1.54, 1.807) is 34.2 Å². The molecule has 1 N–H and O–H groups in total. The maximum Gasteiger partial charge on any atom is 0.273 e. The number of rotatable bonds is 12. The van der Waals surface area contributed by atoms with Gasteiger partial charge in [0.25, 0.3) is 5.91 Å². The fourth-order valence-corrected chi connectivity index (χ4v) is 3.32. The molecule has 11 nitrogen and oxygen atoms in total. The van der Waals surface area contributed by atoms with Crippen LogP contribution in [-0.4, -0.2) is 51.6 Å². The molecule has 34 heavy (non-hydrogen) atoms. The summed E-state index contributed by atoms with van der Waals surface area (Å²) in [6.45, 7) is 1.64. The molecule has 4 aromatic heterocycles. The second-order valence-electron chi connectivity index (χ2n) is 7.76. The Kier molecular flexibility index (Phi) is 7.78. The van der Waals surface area contributed by atoms with E-state index in [0.717, 1.165) is 24.2 Å². The lowest BCUT2D eigenvalue weighted by molar-refractivity contribution is -0.117. The molecule has 0 radical (unpaired) electrons. The van der Waals surface area contributed by atoms with Crippen molar-refractivity contribution in [2.45, 2.75) is 45.3 Å². The van der Waals surface area contributed by atoms with Crippen LogP contribution in [0, 0.1) is 0 Å². The summed E-state index contributed by atoms with van der Waals surface area (Å²) in [6.07, 6.45) is 8.98. The fraction of sp³-hybridized carbons (Fsp3) is 0.304. The maximum absolute atomic E-state index is 12.2. The smallest absolute Gasteiger partial charge is 0.273 e. The molecule has 4 rings (SSSR count). The molecule has 0 fully saturated rings. The van der Waals surface area contributed by atoms with Gasteiger partial charge in [0.15, 0.2) is 5.69 Å². The highest BCUT2D eigenvalue weighted by atomic mass is 16.2. The van der Waals surface area contributed by atoms with Gasteiger partial charge in [-0.1, -0.05) is 22.6 Å². The molecule has 1 amide bonds. The molecule has 4 aromatic rings. The number of aryl methyl sites for hydroxylation is 2. The van der Waals surface area contributed by atoms with Gasteiger partial charge in [0, 0.05) is 43.8 Å². The minimum absolute atomic E-state index is 0.0526. The molecule has 0 bridgehead atoms. The molecule has 0 unspecified atom stereocenters. The predicted molar refractivity (Wildman–Crippen MR) is 121 cm³/mol. The average Bonchev–Trinajstić information content (AvgIpc) is 3.51. The lowest BCUT2D eigenvalue weighted by Crippen LogP contribution is -2.23. The van der Waals surface area contributed by atoms with Gasteiger partial charge >= 0.3 is 0 Å². The van der Waals surface area contributed by atoms with Crippen molar-refractivity contribution in [2.24, 2.45) is 0 Å². The highest BCUT2D eigenvalue weighted by molar-refractivity contribution is 5.91. The van der Waals surface area contributed by atoms with Gasteiger partial charge in [-0.2, -0.15) is 0 Å². The third-order valence-electron chi connectivity index (χ3n) is 5.02. The summed E-state index contributed by atoms with van der Waals surface area (Å²) < 4.78 is 3.39. The number of nitrogens with zero attached hydrogens (tertiary/aromatic N) is 8. The van der Waals surface area contributed by atoms with E-state index < -0.39 is 0 Å². The van der Waals surface area contributed by atoms with Gasteiger partial charge in [0.2, 0.25) is 0 Å². The third kappa shape index (κ3) is 6.86. The van der Waals surface area contributed by atoms with Crippen molar-refractivity contribution in [3.63, 3.8) is 0 Å². The van der Waals surface area contributed by atoms with Crippen molar-refractivity contribution in [3.8, 4) is 0 Å². The molecule has 4 heterocycles. The number of hydrogen-bond acceptors (Lipinski definition) is 8. The van der Waals surface area contributed by atoms with Crippen LogP contribution in [-0.2, 0) is 37.3 Å². The van der Waals surface area contributed by atoms with Crippen LogP contribution in [0.15, 0.2) is 61.2 Å². The van der Waals surface area contributed by atoms with Crippen molar-refractivity contribution in [1.82, 2.24) is 45.3 Å². The number of unbranched alkanes of at least 4 members (excludes halogenated alkanes) is 1. The van der Waals surface area contributed by atoms with Crippen molar-refractivity contribution < 1.29 is 9.59 Å². The maximum atomic E-state index is 12.2. The largest absolute Gasteiger partial charge is 0.345 e. The van der Waals surface area contributed by atoms with Gasteiger partial charge < -0.3 is 5.32 Å². The monoisotopic (exact) mass is 459 g/mol. The van der Waals surface area contributed by atoms with E-state index >= 15 is 0 Å². The normalized spacial score (nSPS) is 10.8. The van der Waals surface area contributed by atoms with Crippen molar-refractivity contribution in [2.75, 3.05) is 0 Å². The summed E-state index contributed by atoms with van der Waals surface area (Å²) in [5, 5.41) is 18.9. The van der Waals surface area contributed by atoms with E-state index in [1.807, 2.05) is 36.4 Å². The predicted octanol–water partition coefficient (Wildman–Crippen LogP) is 1.42. The molecule has 0 aromatic carbocycles. The highest BCUT2D eigenvalue weighted by Gasteiger charge is 2.11. The van der Waals surface area contributed by atoms with Gasteiger partial charge in [0.05, 0.1) is 30.6 Å². The van der Waals surface area contributed by atoms with Crippen LogP contribution < -0.4 is 5.32 Å². The summed E-state index contributed by atoms with van der Waals surface area (Å²) in [7, 11) is 0. The van der Waals surface area contributed by atoms with Crippen LogP contribution in [0.5, 0.6) is 0 Å². The molecular formula is C23H25N9O2. The Morgan fingerprint density at radius 2 is 1.41 bits per heavy atom. The average molecular weight is 460 g/mol. The van der Waals surface area contributed by atoms with Crippen molar-refractivity contribution >= 4 is 11.7 Å². The Morgan fingerprint density at radius 3 is 2.12 bits per heavy atom. The first-order valence-electron chi connectivity index (χ1n) is 11.0. The number of carbonyl (C=O) groups excluding carboxylic acids is 2. The van der Waals surface area contributed by atoms with E-state index in [1.165, 1.54) is 0 Å². The van der Waals surface area contributed by atoms with Crippen LogP contribution >= 0.6 is 0 Å². The number of nitrogens with one attached hydrogen (secondary N) is 1. The highest BCUT2D eigenvalue weighted by Crippen LogP contribution is 2.04. The van der Waals surface area contributed by atoms with E-state index in [4.69, 9.17) is 0 Å². The number of Topliss-reactive ketones (excluding diaryl/α,β-unsaturated/α-hetero) is 1. The van der Waals surface area contributed by atoms with Gasteiger partial charge in [-0.05, 0) is 37.1 Å². The lowest BCUT2D eigenvalue weighted by Gasteiger charge is -2.02. The molecule has 0 saturated heterocycles. The summed E-state index contributed by atoms with van der Waals surface area (Å²) in [6, 6.07) is 11.1. The molecule has 174 valence electrons. The lowest BCUT2D eigenvalue weighted by atomic mass is 10.1. The van der Waals surface area contributed by atoms with Crippen LogP contribution in [0.1, 0.15) is 40.4 Å². The second-order valence-corrected chi connectivity index (χ2v) is 7.76. The second kappa shape index (κ2) is 11.5. The summed E-state index contributed by atoms with van der Waals surface area (Å²) >= 11 is 0. The molecule has 0 aliphatic rings. The van der Waals surface area contributed by atoms with Crippen LogP contribution in [0.25, 0.3) is 0 Å². The molecule has 0 saturated carbocycles. The summed E-state index contributed by atoms with van der Waals surface area (Å²) in [4.78, 5) is 32.8. The van der Waals surface area contributed by atoms with E-state index in [0.29, 0.717) is 25.3 Å². The van der Waals surface area contributed by atoms with Gasteiger partial charge in [0.1, 0.15) is 5.78 Å². The Morgan fingerprint density at radius 1 is 0.765 bits per heavy atom. The first-order valence-corrected chi connectivity index (χ1v) is 11.0. The van der Waals surface area contributed by atoms with E-state index in [-0.39, 0.29) is 30.2 Å². The topological polar surface area (TPSA) is 133 Å². The minimum atomic E-state index is -0.287. The number of ketones is 1. The van der Waals surface area contributed by atoms with Crippen molar-refractivity contribution in [3.05, 3.63) is 84.0 Å². The zero-order valence-electron chi connectivity index (χ0n) is 18.6. The Hall–Kier alpha value is -4.28. The van der Waals surface area contributed by atoms with E-state index in [2.05, 4.69) is 35.9 Å². The third-order valence-corrected chi connectivity index (χ3v) is 5.02. The van der Waals surface area contributed by atoms with Gasteiger partial charge in [-0.15, -0.1) is 10.2 Å². The zero-order chi connectivity index (χ0) is 23.6. The van der Waals surface area contributed by atoms with E-state index in [9.17, 15) is 9.59 Å². The molecule has 0 aliphatic heterocycles. The number of aromatic nitrogens is 8. The Labute approximate surface area is 196 Å². The molecule has 0 spiro atoms. The Balaban J connectivity index is 1.15. The molecule has 0 atom stereocenters. The standard InChI is InChI=1S/C23H25N9O2/c33-21(13-18-7-1-3-9-24-18)14-20-16-31(29-27-20)11-5-6-12-32-17-22(28-30-32)23(34)26-15-19-8-2-4-10-25-19/h1-4,7-10,16-17H,5-6,11-15H2,(H,26,34).